The van der Waals surface area contributed by atoms with Gasteiger partial charge in [-0.3, -0.25) is 4.79 Å². The predicted molar refractivity (Wildman–Crippen MR) is 138 cm³/mol. The summed E-state index contributed by atoms with van der Waals surface area (Å²) >= 11 is 1.41. The Labute approximate surface area is 207 Å². The molecule has 1 atom stereocenters. The van der Waals surface area contributed by atoms with Gasteiger partial charge in [0, 0.05) is 11.6 Å². The maximum Gasteiger partial charge on any atom is 0.192 e. The highest BCUT2D eigenvalue weighted by atomic mass is 32.2. The molecule has 7 heteroatoms. The SMILES string of the molecule is COc1cc(C)c(C(=O)CSc2nnc(C(C)Oc3ccc(C(C)C)cc3)n2C(C)C)cc1C. The second kappa shape index (κ2) is 11.1. The summed E-state index contributed by atoms with van der Waals surface area (Å²) in [5.41, 5.74) is 3.84. The maximum atomic E-state index is 13.0. The number of hydrogen-bond donors (Lipinski definition) is 0. The number of nitrogens with zero attached hydrogens (tertiary/aromatic N) is 3. The molecule has 0 saturated heterocycles. The topological polar surface area (TPSA) is 66.2 Å². The first-order valence-electron chi connectivity index (χ1n) is 11.6. The molecule has 3 aromatic rings. The fourth-order valence-corrected chi connectivity index (χ4v) is 4.81. The number of benzene rings is 2. The van der Waals surface area contributed by atoms with Gasteiger partial charge in [0.25, 0.3) is 0 Å². The number of methoxy groups -OCH3 is 1. The fourth-order valence-electron chi connectivity index (χ4n) is 3.86. The second-order valence-corrected chi connectivity index (χ2v) is 10.1. The normalized spacial score (nSPS) is 12.3. The van der Waals surface area contributed by atoms with E-state index in [1.807, 2.05) is 45.0 Å². The number of aromatic nitrogens is 3. The number of aryl methyl sites for hydroxylation is 2. The van der Waals surface area contributed by atoms with E-state index < -0.39 is 0 Å². The fraction of sp³-hybridized carbons (Fsp3) is 0.444. The van der Waals surface area contributed by atoms with E-state index in [0.29, 0.717) is 16.6 Å². The molecule has 6 nitrogen and oxygen atoms in total. The smallest absolute Gasteiger partial charge is 0.192 e. The van der Waals surface area contributed by atoms with Gasteiger partial charge >= 0.3 is 0 Å². The van der Waals surface area contributed by atoms with Crippen LogP contribution in [0.1, 0.15) is 85.6 Å². The van der Waals surface area contributed by atoms with Crippen molar-refractivity contribution < 1.29 is 14.3 Å². The molecule has 3 rings (SSSR count). The van der Waals surface area contributed by atoms with Gasteiger partial charge in [0.05, 0.1) is 12.9 Å². The Morgan fingerprint density at radius 1 is 1.00 bits per heavy atom. The Bertz CT molecular complexity index is 1140. The largest absolute Gasteiger partial charge is 0.496 e. The van der Waals surface area contributed by atoms with Crippen molar-refractivity contribution in [1.29, 1.82) is 0 Å². The Morgan fingerprint density at radius 3 is 2.26 bits per heavy atom. The summed E-state index contributed by atoms with van der Waals surface area (Å²) in [5, 5.41) is 9.53. The van der Waals surface area contributed by atoms with Crippen LogP contribution in [-0.4, -0.2) is 33.4 Å². The van der Waals surface area contributed by atoms with Crippen LogP contribution >= 0.6 is 11.8 Å². The molecular weight excluding hydrogens is 446 g/mol. The van der Waals surface area contributed by atoms with Crippen LogP contribution in [0.3, 0.4) is 0 Å². The van der Waals surface area contributed by atoms with Gasteiger partial charge in [-0.2, -0.15) is 0 Å². The summed E-state index contributed by atoms with van der Waals surface area (Å²) in [6, 6.07) is 12.1. The van der Waals surface area contributed by atoms with Gasteiger partial charge in [0.15, 0.2) is 22.9 Å². The third kappa shape index (κ3) is 5.81. The number of hydrogen-bond acceptors (Lipinski definition) is 6. The first kappa shape index (κ1) is 25.8. The number of thioether (sulfide) groups is 1. The van der Waals surface area contributed by atoms with Crippen molar-refractivity contribution in [3.63, 3.8) is 0 Å². The molecule has 0 saturated carbocycles. The van der Waals surface area contributed by atoms with Crippen LogP contribution in [0, 0.1) is 13.8 Å². The molecular formula is C27H35N3O3S. The lowest BCUT2D eigenvalue weighted by atomic mass is 10.0. The molecule has 34 heavy (non-hydrogen) atoms. The Morgan fingerprint density at radius 2 is 1.68 bits per heavy atom. The van der Waals surface area contributed by atoms with Crippen LogP contribution in [0.5, 0.6) is 11.5 Å². The summed E-state index contributed by atoms with van der Waals surface area (Å²) in [6.45, 7) is 14.4. The summed E-state index contributed by atoms with van der Waals surface area (Å²) in [5.74, 6) is 3.15. The van der Waals surface area contributed by atoms with Crippen molar-refractivity contribution in [2.24, 2.45) is 0 Å². The van der Waals surface area contributed by atoms with Crippen LogP contribution in [-0.2, 0) is 0 Å². The molecule has 182 valence electrons. The van der Waals surface area contributed by atoms with E-state index in [1.54, 1.807) is 7.11 Å². The van der Waals surface area contributed by atoms with Crippen LogP contribution in [0.15, 0.2) is 41.6 Å². The third-order valence-electron chi connectivity index (χ3n) is 5.81. The van der Waals surface area contributed by atoms with E-state index in [2.05, 4.69) is 54.6 Å². The highest BCUT2D eigenvalue weighted by molar-refractivity contribution is 7.99. The molecule has 0 aliphatic carbocycles. The van der Waals surface area contributed by atoms with E-state index in [1.165, 1.54) is 17.3 Å². The molecule has 0 fully saturated rings. The van der Waals surface area contributed by atoms with Gasteiger partial charge in [-0.1, -0.05) is 37.7 Å². The lowest BCUT2D eigenvalue weighted by Crippen LogP contribution is -2.15. The van der Waals surface area contributed by atoms with Crippen molar-refractivity contribution in [2.75, 3.05) is 12.9 Å². The molecule has 0 bridgehead atoms. The number of ether oxygens (including phenoxy) is 2. The number of carbonyl (C=O) groups is 1. The van der Waals surface area contributed by atoms with Crippen molar-refractivity contribution in [1.82, 2.24) is 14.8 Å². The minimum atomic E-state index is -0.281. The van der Waals surface area contributed by atoms with Crippen LogP contribution in [0.4, 0.5) is 0 Å². The Kier molecular flexibility index (Phi) is 8.42. The van der Waals surface area contributed by atoms with Crippen LogP contribution in [0.25, 0.3) is 0 Å². The molecule has 0 radical (unpaired) electrons. The number of Topliss-reactive ketones (excluding diaryl/α,β-unsaturated/α-hetero) is 1. The number of carbonyl (C=O) groups excluding carboxylic acids is 1. The molecule has 0 aliphatic rings. The highest BCUT2D eigenvalue weighted by Crippen LogP contribution is 2.30. The minimum Gasteiger partial charge on any atom is -0.496 e. The maximum absolute atomic E-state index is 13.0. The predicted octanol–water partition coefficient (Wildman–Crippen LogP) is 6.72. The first-order chi connectivity index (χ1) is 16.1. The van der Waals surface area contributed by atoms with Gasteiger partial charge in [-0.05, 0) is 81.5 Å². The standard InChI is InChI=1S/C27H35N3O3S/c1-16(2)21-9-11-22(12-10-21)33-20(7)26-28-29-27(30(26)17(3)4)34-15-24(31)23-13-19(6)25(32-8)14-18(23)5/h9-14,16-17,20H,15H2,1-8H3. The van der Waals surface area contributed by atoms with Gasteiger partial charge < -0.3 is 14.0 Å². The zero-order valence-electron chi connectivity index (χ0n) is 21.4. The monoisotopic (exact) mass is 481 g/mol. The molecule has 1 aromatic heterocycles. The van der Waals surface area contributed by atoms with E-state index >= 15 is 0 Å². The second-order valence-electron chi connectivity index (χ2n) is 9.14. The van der Waals surface area contributed by atoms with E-state index in [4.69, 9.17) is 9.47 Å². The zero-order chi connectivity index (χ0) is 25.0. The van der Waals surface area contributed by atoms with Gasteiger partial charge in [0.2, 0.25) is 0 Å². The highest BCUT2D eigenvalue weighted by Gasteiger charge is 2.23. The van der Waals surface area contributed by atoms with E-state index in [-0.39, 0.29) is 23.7 Å². The Balaban J connectivity index is 1.75. The molecule has 2 aromatic carbocycles. The van der Waals surface area contributed by atoms with Gasteiger partial charge in [-0.15, -0.1) is 10.2 Å². The van der Waals surface area contributed by atoms with Crippen molar-refractivity contribution in [3.8, 4) is 11.5 Å². The van der Waals surface area contributed by atoms with Crippen molar-refractivity contribution in [3.05, 3.63) is 64.5 Å². The molecule has 1 unspecified atom stereocenters. The van der Waals surface area contributed by atoms with Crippen LogP contribution in [0.2, 0.25) is 0 Å². The summed E-state index contributed by atoms with van der Waals surface area (Å²) in [4.78, 5) is 13.0. The quantitative estimate of drug-likeness (QED) is 0.236. The van der Waals surface area contributed by atoms with Crippen molar-refractivity contribution in [2.45, 2.75) is 71.7 Å². The zero-order valence-corrected chi connectivity index (χ0v) is 22.2. The first-order valence-corrected chi connectivity index (χ1v) is 12.6. The average Bonchev–Trinajstić information content (AvgIpc) is 3.23. The minimum absolute atomic E-state index is 0.0580. The number of rotatable bonds is 10. The lowest BCUT2D eigenvalue weighted by Gasteiger charge is -2.19. The van der Waals surface area contributed by atoms with Gasteiger partial charge in [-0.25, -0.2) is 0 Å². The summed E-state index contributed by atoms with van der Waals surface area (Å²) in [7, 11) is 1.64. The van der Waals surface area contributed by atoms with E-state index in [0.717, 1.165) is 28.5 Å². The molecule has 0 aliphatic heterocycles. The Hall–Kier alpha value is -2.80. The average molecular weight is 482 g/mol. The molecule has 0 amide bonds. The molecule has 1 heterocycles. The third-order valence-corrected chi connectivity index (χ3v) is 6.75. The summed E-state index contributed by atoms with van der Waals surface area (Å²) < 4.78 is 13.6. The van der Waals surface area contributed by atoms with E-state index in [9.17, 15) is 4.79 Å². The molecule has 0 spiro atoms. The number of ketones is 1. The lowest BCUT2D eigenvalue weighted by molar-refractivity contribution is 0.102. The van der Waals surface area contributed by atoms with Gasteiger partial charge in [0.1, 0.15) is 11.5 Å². The van der Waals surface area contributed by atoms with Crippen LogP contribution < -0.4 is 9.47 Å². The van der Waals surface area contributed by atoms with Crippen molar-refractivity contribution >= 4 is 17.5 Å². The molecule has 0 N–H and O–H groups in total. The summed E-state index contributed by atoms with van der Waals surface area (Å²) in [6.07, 6.45) is -0.281.